The SMILES string of the molecule is CN[C@@H](C)C(=O)N[C@H](C(=O)N1CCC[C@H]1C(=O)N[C@@H]1CCOc2c(-c3cccc4c3OCC[C@H]4NC(=O)[C@@H]3CCCN3C(=O)[C@@H](NC(=O)[C@H](C)NC)C3CC3)cccc21)C1CC1. The average Bonchev–Trinajstić information content (AvgIpc) is 4.21. The molecule has 6 amide bonds. The highest BCUT2D eigenvalue weighted by Crippen LogP contribution is 2.47. The number of hydrogen-bond donors (Lipinski definition) is 6. The number of para-hydroxylation sites is 2. The van der Waals surface area contributed by atoms with E-state index < -0.39 is 36.3 Å². The van der Waals surface area contributed by atoms with Gasteiger partial charge in [0.05, 0.1) is 37.4 Å². The molecule has 4 heterocycles. The van der Waals surface area contributed by atoms with Crippen molar-refractivity contribution in [3.05, 3.63) is 47.5 Å². The van der Waals surface area contributed by atoms with Crippen molar-refractivity contribution in [3.63, 3.8) is 0 Å². The molecule has 62 heavy (non-hydrogen) atoms. The molecule has 8 rings (SSSR count). The first kappa shape index (κ1) is 43.4. The fourth-order valence-corrected chi connectivity index (χ4v) is 9.51. The molecule has 0 radical (unpaired) electrons. The van der Waals surface area contributed by atoms with Gasteiger partial charge in [-0.2, -0.15) is 0 Å². The van der Waals surface area contributed by atoms with Crippen LogP contribution in [0.2, 0.25) is 0 Å². The van der Waals surface area contributed by atoms with Crippen LogP contribution in [0.25, 0.3) is 11.1 Å². The summed E-state index contributed by atoms with van der Waals surface area (Å²) in [4.78, 5) is 84.8. The van der Waals surface area contributed by atoms with Gasteiger partial charge >= 0.3 is 0 Å². The van der Waals surface area contributed by atoms with Crippen LogP contribution in [-0.4, -0.2) is 122 Å². The smallest absolute Gasteiger partial charge is 0.246 e. The van der Waals surface area contributed by atoms with Gasteiger partial charge in [-0.1, -0.05) is 36.4 Å². The summed E-state index contributed by atoms with van der Waals surface area (Å²) in [6.45, 7) is 5.16. The molecular weight excluding hydrogens is 793 g/mol. The molecule has 2 saturated heterocycles. The number of nitrogens with one attached hydrogen (secondary N) is 6. The standard InChI is InChI=1S/C46H62N8O8/c1-25(47-3)41(55)51-37(27-15-16-27)45(59)53-21-7-13-35(53)43(57)49-33-19-23-61-39-29(9-5-11-31(33)39)30-10-6-12-32-34(20-24-62-40(30)32)50-44(58)36-14-8-22-54(36)46(60)38(28-17-18-28)52-42(56)26(2)48-4/h5-6,9-12,25-28,33-38,47-48H,7-8,13-24H2,1-4H3,(H,49,57)(H,50,58)(H,51,55)(H,52,56)/t25-,26-,33+,34+,35-,36-,37-,38-/m0/s1. The maximum absolute atomic E-state index is 14.1. The molecule has 16 heteroatoms. The number of amides is 6. The minimum atomic E-state index is -0.649. The lowest BCUT2D eigenvalue weighted by molar-refractivity contribution is -0.142. The summed E-state index contributed by atoms with van der Waals surface area (Å²) in [5.74, 6) is 0.132. The highest BCUT2D eigenvalue weighted by molar-refractivity contribution is 5.95. The maximum Gasteiger partial charge on any atom is 0.246 e. The van der Waals surface area contributed by atoms with Crippen LogP contribution in [0.4, 0.5) is 0 Å². The van der Waals surface area contributed by atoms with Crippen LogP contribution in [0, 0.1) is 11.8 Å². The number of ether oxygens (including phenoxy) is 2. The molecule has 2 saturated carbocycles. The van der Waals surface area contributed by atoms with E-state index in [9.17, 15) is 28.8 Å². The molecule has 6 N–H and O–H groups in total. The maximum atomic E-state index is 14.1. The lowest BCUT2D eigenvalue weighted by Gasteiger charge is -2.33. The van der Waals surface area contributed by atoms with Crippen molar-refractivity contribution >= 4 is 35.4 Å². The van der Waals surface area contributed by atoms with Crippen molar-refractivity contribution in [3.8, 4) is 22.6 Å². The second-order valence-electron chi connectivity index (χ2n) is 17.9. The van der Waals surface area contributed by atoms with E-state index >= 15 is 0 Å². The Morgan fingerprint density at radius 3 is 1.35 bits per heavy atom. The molecule has 2 aromatic rings. The van der Waals surface area contributed by atoms with E-state index in [4.69, 9.17) is 9.47 Å². The Labute approximate surface area is 363 Å². The molecule has 6 aliphatic rings. The molecule has 2 aromatic carbocycles. The van der Waals surface area contributed by atoms with Gasteiger partial charge in [0, 0.05) is 48.2 Å². The van der Waals surface area contributed by atoms with Crippen molar-refractivity contribution in [2.75, 3.05) is 40.4 Å². The Morgan fingerprint density at radius 2 is 0.984 bits per heavy atom. The Morgan fingerprint density at radius 1 is 0.581 bits per heavy atom. The third kappa shape index (κ3) is 8.99. The highest BCUT2D eigenvalue weighted by atomic mass is 16.5. The number of hydrogen-bond acceptors (Lipinski definition) is 10. The summed E-state index contributed by atoms with van der Waals surface area (Å²) >= 11 is 0. The monoisotopic (exact) mass is 854 g/mol. The van der Waals surface area contributed by atoms with Crippen LogP contribution in [0.1, 0.15) is 101 Å². The normalized spacial score (nSPS) is 24.8. The zero-order valence-electron chi connectivity index (χ0n) is 36.3. The summed E-state index contributed by atoms with van der Waals surface area (Å²) in [6.07, 6.45) is 7.04. The number of benzene rings is 2. The van der Waals surface area contributed by atoms with Crippen molar-refractivity contribution in [1.29, 1.82) is 0 Å². The molecule has 334 valence electrons. The number of fused-ring (bicyclic) bond motifs is 2. The van der Waals surface area contributed by atoms with Crippen LogP contribution in [0.5, 0.6) is 11.5 Å². The quantitative estimate of drug-likeness (QED) is 0.155. The molecule has 0 unspecified atom stereocenters. The molecular formula is C46H62N8O8. The second-order valence-corrected chi connectivity index (χ2v) is 17.9. The largest absolute Gasteiger partial charge is 0.492 e. The minimum Gasteiger partial charge on any atom is -0.492 e. The van der Waals surface area contributed by atoms with Gasteiger partial charge in [0.2, 0.25) is 35.4 Å². The molecule has 0 bridgehead atoms. The van der Waals surface area contributed by atoms with Crippen LogP contribution in [-0.2, 0) is 28.8 Å². The fraction of sp³-hybridized carbons (Fsp3) is 0.609. The number of carbonyl (C=O) groups excluding carboxylic acids is 6. The molecule has 0 spiro atoms. The van der Waals surface area contributed by atoms with Crippen molar-refractivity contribution < 1.29 is 38.2 Å². The molecule has 16 nitrogen and oxygen atoms in total. The van der Waals surface area contributed by atoms with Crippen molar-refractivity contribution in [2.24, 2.45) is 11.8 Å². The van der Waals surface area contributed by atoms with Gasteiger partial charge in [-0.3, -0.25) is 28.8 Å². The second kappa shape index (κ2) is 18.6. The molecule has 0 aromatic heterocycles. The average molecular weight is 855 g/mol. The Balaban J connectivity index is 0.962. The fourth-order valence-electron chi connectivity index (χ4n) is 9.51. The topological polar surface area (TPSA) is 200 Å². The summed E-state index contributed by atoms with van der Waals surface area (Å²) in [7, 11) is 3.41. The third-order valence-electron chi connectivity index (χ3n) is 13.7. The number of carbonyl (C=O) groups is 6. The van der Waals surface area contributed by atoms with Crippen LogP contribution in [0.3, 0.4) is 0 Å². The molecule has 2 aliphatic carbocycles. The number of nitrogens with zero attached hydrogens (tertiary/aromatic N) is 2. The zero-order chi connectivity index (χ0) is 43.7. The summed E-state index contributed by atoms with van der Waals surface area (Å²) < 4.78 is 12.7. The van der Waals surface area contributed by atoms with E-state index in [2.05, 4.69) is 31.9 Å². The first-order chi connectivity index (χ1) is 30.0. The Bertz CT molecular complexity index is 1910. The van der Waals surface area contributed by atoms with Gasteiger partial charge in [0.25, 0.3) is 0 Å². The van der Waals surface area contributed by atoms with Crippen LogP contribution < -0.4 is 41.4 Å². The van der Waals surface area contributed by atoms with Gasteiger partial charge in [-0.25, -0.2) is 0 Å². The zero-order valence-corrected chi connectivity index (χ0v) is 36.3. The van der Waals surface area contributed by atoms with Gasteiger partial charge in [-0.05, 0) is 91.1 Å². The van der Waals surface area contributed by atoms with Gasteiger partial charge in [0.1, 0.15) is 35.7 Å². The van der Waals surface area contributed by atoms with Crippen LogP contribution >= 0.6 is 0 Å². The Hall–Kier alpha value is -5.22. The minimum absolute atomic E-state index is 0.0760. The summed E-state index contributed by atoms with van der Waals surface area (Å²) in [5.41, 5.74) is 3.25. The molecule has 4 fully saturated rings. The van der Waals surface area contributed by atoms with E-state index in [0.717, 1.165) is 47.9 Å². The summed E-state index contributed by atoms with van der Waals surface area (Å²) in [5, 5.41) is 18.3. The number of likely N-dealkylation sites (tertiary alicyclic amines) is 2. The summed E-state index contributed by atoms with van der Waals surface area (Å²) in [6, 6.07) is 7.55. The van der Waals surface area contributed by atoms with Gasteiger partial charge < -0.3 is 51.2 Å². The predicted molar refractivity (Wildman–Crippen MR) is 230 cm³/mol. The number of likely N-dealkylation sites (N-methyl/N-ethyl adjacent to an activating group) is 2. The van der Waals surface area contributed by atoms with E-state index in [1.165, 1.54) is 0 Å². The molecule has 4 aliphatic heterocycles. The predicted octanol–water partition coefficient (Wildman–Crippen LogP) is 2.22. The first-order valence-electron chi connectivity index (χ1n) is 22.7. The van der Waals surface area contributed by atoms with Crippen molar-refractivity contribution in [2.45, 2.75) is 126 Å². The van der Waals surface area contributed by atoms with Gasteiger partial charge in [-0.15, -0.1) is 0 Å². The lowest BCUT2D eigenvalue weighted by atomic mass is 9.90. The lowest BCUT2D eigenvalue weighted by Crippen LogP contribution is -2.56. The van der Waals surface area contributed by atoms with E-state index in [-0.39, 0.29) is 59.4 Å². The van der Waals surface area contributed by atoms with E-state index in [1.54, 1.807) is 37.7 Å². The third-order valence-corrected chi connectivity index (χ3v) is 13.7. The first-order valence-corrected chi connectivity index (χ1v) is 22.7. The molecule has 8 atom stereocenters. The van der Waals surface area contributed by atoms with E-state index in [1.807, 2.05) is 36.4 Å². The van der Waals surface area contributed by atoms with Gasteiger partial charge in [0.15, 0.2) is 0 Å². The Kier molecular flexibility index (Phi) is 13.1. The van der Waals surface area contributed by atoms with Crippen molar-refractivity contribution in [1.82, 2.24) is 41.7 Å². The van der Waals surface area contributed by atoms with Crippen LogP contribution in [0.15, 0.2) is 36.4 Å². The highest BCUT2D eigenvalue weighted by Gasteiger charge is 2.46. The number of rotatable bonds is 15. The van der Waals surface area contributed by atoms with E-state index in [0.29, 0.717) is 76.3 Å².